The van der Waals surface area contributed by atoms with Crippen LogP contribution in [0.2, 0.25) is 0 Å². The van der Waals surface area contributed by atoms with Gasteiger partial charge in [-0.25, -0.2) is 0 Å². The van der Waals surface area contributed by atoms with Crippen molar-refractivity contribution in [2.24, 2.45) is 0 Å². The number of carbonyl (C=O) groups excluding carboxylic acids is 2. The second kappa shape index (κ2) is 7.60. The Balaban J connectivity index is 1.39. The maximum atomic E-state index is 12.4. The van der Waals surface area contributed by atoms with Crippen molar-refractivity contribution in [1.29, 1.82) is 0 Å². The number of hydrogen-bond acceptors (Lipinski definition) is 4. The molecule has 0 spiro atoms. The number of benzene rings is 2. The van der Waals surface area contributed by atoms with Crippen molar-refractivity contribution in [3.05, 3.63) is 94.1 Å². The smallest absolute Gasteiger partial charge is 0.238 e. The Morgan fingerprint density at radius 1 is 0.926 bits per heavy atom. The highest BCUT2D eigenvalue weighted by Crippen LogP contribution is 2.21. The van der Waals surface area contributed by atoms with E-state index in [9.17, 15) is 9.59 Å². The van der Waals surface area contributed by atoms with Gasteiger partial charge in [0.15, 0.2) is 5.76 Å². The van der Waals surface area contributed by atoms with Crippen LogP contribution in [-0.2, 0) is 17.8 Å². The Labute approximate surface area is 160 Å². The molecule has 0 aliphatic rings. The van der Waals surface area contributed by atoms with Crippen LogP contribution in [0.15, 0.2) is 77.4 Å². The standard InChI is InChI=1S/C22H17NO3S/c24-21(13-16-7-3-6-15-5-1-2-8-18(15)16)23-14-17-10-11-20(27-17)22(25)19-9-4-12-26-19/h1-12H,13-14H2,(H,23,24). The summed E-state index contributed by atoms with van der Waals surface area (Å²) in [6.45, 7) is 0.402. The molecule has 1 amide bonds. The van der Waals surface area contributed by atoms with E-state index in [1.54, 1.807) is 18.2 Å². The fourth-order valence-corrected chi connectivity index (χ4v) is 3.88. The summed E-state index contributed by atoms with van der Waals surface area (Å²) in [5.41, 5.74) is 1.01. The molecule has 4 aromatic rings. The minimum atomic E-state index is -0.140. The summed E-state index contributed by atoms with van der Waals surface area (Å²) in [4.78, 5) is 26.1. The lowest BCUT2D eigenvalue weighted by molar-refractivity contribution is -0.120. The van der Waals surface area contributed by atoms with Crippen molar-refractivity contribution in [1.82, 2.24) is 5.32 Å². The van der Waals surface area contributed by atoms with Crippen molar-refractivity contribution in [2.75, 3.05) is 0 Å². The van der Waals surface area contributed by atoms with Crippen LogP contribution in [0.1, 0.15) is 25.9 Å². The van der Waals surface area contributed by atoms with E-state index in [2.05, 4.69) is 5.32 Å². The summed E-state index contributed by atoms with van der Waals surface area (Å²) in [5, 5.41) is 5.16. The van der Waals surface area contributed by atoms with Crippen LogP contribution < -0.4 is 5.32 Å². The van der Waals surface area contributed by atoms with Crippen LogP contribution in [0.3, 0.4) is 0 Å². The van der Waals surface area contributed by atoms with Crippen molar-refractivity contribution in [2.45, 2.75) is 13.0 Å². The second-order valence-electron chi connectivity index (χ2n) is 6.16. The zero-order valence-corrected chi connectivity index (χ0v) is 15.3. The molecule has 0 radical (unpaired) electrons. The quantitative estimate of drug-likeness (QED) is 0.502. The number of hydrogen-bond donors (Lipinski definition) is 1. The first-order valence-electron chi connectivity index (χ1n) is 8.61. The maximum Gasteiger partial charge on any atom is 0.238 e. The number of rotatable bonds is 6. The first-order valence-corrected chi connectivity index (χ1v) is 9.42. The van der Waals surface area contributed by atoms with Gasteiger partial charge in [-0.3, -0.25) is 9.59 Å². The molecule has 0 saturated heterocycles. The van der Waals surface area contributed by atoms with Gasteiger partial charge in [-0.1, -0.05) is 42.5 Å². The fraction of sp³-hybridized carbons (Fsp3) is 0.0909. The lowest BCUT2D eigenvalue weighted by Crippen LogP contribution is -2.24. The zero-order valence-electron chi connectivity index (χ0n) is 14.5. The molecule has 0 unspecified atom stereocenters. The average Bonchev–Trinajstić information content (AvgIpc) is 3.38. The second-order valence-corrected chi connectivity index (χ2v) is 7.33. The van der Waals surface area contributed by atoms with Gasteiger partial charge in [0.25, 0.3) is 0 Å². The maximum absolute atomic E-state index is 12.4. The average molecular weight is 375 g/mol. The van der Waals surface area contributed by atoms with Crippen LogP contribution in [0.5, 0.6) is 0 Å². The topological polar surface area (TPSA) is 59.3 Å². The molecule has 2 aromatic carbocycles. The highest BCUT2D eigenvalue weighted by molar-refractivity contribution is 7.14. The summed E-state index contributed by atoms with van der Waals surface area (Å²) >= 11 is 1.37. The molecule has 0 aliphatic heterocycles. The lowest BCUT2D eigenvalue weighted by Gasteiger charge is -2.07. The predicted molar refractivity (Wildman–Crippen MR) is 106 cm³/mol. The molecular formula is C22H17NO3S. The summed E-state index contributed by atoms with van der Waals surface area (Å²) in [5.74, 6) is 0.139. The largest absolute Gasteiger partial charge is 0.461 e. The van der Waals surface area contributed by atoms with Gasteiger partial charge < -0.3 is 9.73 Å². The molecule has 0 atom stereocenters. The Bertz CT molecular complexity index is 1090. The third kappa shape index (κ3) is 3.83. The van der Waals surface area contributed by atoms with E-state index in [0.717, 1.165) is 21.2 Å². The van der Waals surface area contributed by atoms with Gasteiger partial charge in [0.05, 0.1) is 24.1 Å². The minimum Gasteiger partial charge on any atom is -0.461 e. The van der Waals surface area contributed by atoms with Crippen LogP contribution in [0.4, 0.5) is 0 Å². The Morgan fingerprint density at radius 3 is 2.63 bits per heavy atom. The van der Waals surface area contributed by atoms with Gasteiger partial charge >= 0.3 is 0 Å². The number of ketones is 1. The summed E-state index contributed by atoms with van der Waals surface area (Å²) in [6, 6.07) is 21.0. The molecule has 2 aromatic heterocycles. The Kier molecular flexibility index (Phi) is 4.85. The number of nitrogens with one attached hydrogen (secondary N) is 1. The normalized spacial score (nSPS) is 10.8. The van der Waals surface area contributed by atoms with Gasteiger partial charge in [-0.05, 0) is 40.6 Å². The molecule has 0 saturated carbocycles. The zero-order chi connectivity index (χ0) is 18.6. The number of fused-ring (bicyclic) bond motifs is 1. The summed E-state index contributed by atoms with van der Waals surface area (Å²) < 4.78 is 5.15. The van der Waals surface area contributed by atoms with E-state index in [1.165, 1.54) is 17.6 Å². The van der Waals surface area contributed by atoms with E-state index in [-0.39, 0.29) is 11.7 Å². The van der Waals surface area contributed by atoms with E-state index in [4.69, 9.17) is 4.42 Å². The van der Waals surface area contributed by atoms with E-state index in [0.29, 0.717) is 23.6 Å². The fourth-order valence-electron chi connectivity index (χ4n) is 2.99. The number of carbonyl (C=O) groups is 2. The Morgan fingerprint density at radius 2 is 1.78 bits per heavy atom. The van der Waals surface area contributed by atoms with Gasteiger partial charge in [-0.15, -0.1) is 11.3 Å². The third-order valence-corrected chi connectivity index (χ3v) is 5.41. The lowest BCUT2D eigenvalue weighted by atomic mass is 10.0. The van der Waals surface area contributed by atoms with Crippen LogP contribution in [-0.4, -0.2) is 11.7 Å². The molecule has 27 heavy (non-hydrogen) atoms. The number of amides is 1. The van der Waals surface area contributed by atoms with Crippen molar-refractivity contribution in [3.8, 4) is 0 Å². The predicted octanol–water partition coefficient (Wildman–Crippen LogP) is 4.58. The van der Waals surface area contributed by atoms with Crippen molar-refractivity contribution in [3.63, 3.8) is 0 Å². The van der Waals surface area contributed by atoms with E-state index < -0.39 is 0 Å². The van der Waals surface area contributed by atoms with Gasteiger partial charge in [0.2, 0.25) is 11.7 Å². The van der Waals surface area contributed by atoms with Gasteiger partial charge in [-0.2, -0.15) is 0 Å². The number of furan rings is 1. The van der Waals surface area contributed by atoms with E-state index >= 15 is 0 Å². The van der Waals surface area contributed by atoms with Crippen molar-refractivity contribution >= 4 is 33.8 Å². The minimum absolute atomic E-state index is 0.0429. The van der Waals surface area contributed by atoms with Crippen LogP contribution >= 0.6 is 11.3 Å². The number of thiophene rings is 1. The molecule has 0 aliphatic carbocycles. The SMILES string of the molecule is O=C(Cc1cccc2ccccc12)NCc1ccc(C(=O)c2ccco2)s1. The van der Waals surface area contributed by atoms with Gasteiger partial charge in [0, 0.05) is 4.88 Å². The summed E-state index contributed by atoms with van der Waals surface area (Å²) in [6.07, 6.45) is 1.81. The monoisotopic (exact) mass is 375 g/mol. The third-order valence-electron chi connectivity index (χ3n) is 4.32. The highest BCUT2D eigenvalue weighted by atomic mass is 32.1. The first-order chi connectivity index (χ1) is 13.2. The molecule has 2 heterocycles. The first kappa shape index (κ1) is 17.2. The molecule has 0 bridgehead atoms. The van der Waals surface area contributed by atoms with E-state index in [1.807, 2.05) is 48.5 Å². The molecule has 0 fully saturated rings. The molecule has 4 rings (SSSR count). The highest BCUT2D eigenvalue weighted by Gasteiger charge is 2.14. The molecular weight excluding hydrogens is 358 g/mol. The van der Waals surface area contributed by atoms with Crippen molar-refractivity contribution < 1.29 is 14.0 Å². The van der Waals surface area contributed by atoms with Gasteiger partial charge in [0.1, 0.15) is 0 Å². The Hall–Kier alpha value is -3.18. The summed E-state index contributed by atoms with van der Waals surface area (Å²) in [7, 11) is 0. The molecule has 5 heteroatoms. The van der Waals surface area contributed by atoms with Crippen LogP contribution in [0, 0.1) is 0 Å². The molecule has 1 N–H and O–H groups in total. The van der Waals surface area contributed by atoms with Crippen LogP contribution in [0.25, 0.3) is 10.8 Å². The molecule has 134 valence electrons. The molecule has 4 nitrogen and oxygen atoms in total.